The molecule has 1 aromatic rings. The van der Waals surface area contributed by atoms with Crippen LogP contribution in [0.4, 0.5) is 17.8 Å². The van der Waals surface area contributed by atoms with Gasteiger partial charge >= 0.3 is 5.97 Å². The van der Waals surface area contributed by atoms with Crippen molar-refractivity contribution in [2.45, 2.75) is 25.7 Å². The second kappa shape index (κ2) is 7.58. The van der Waals surface area contributed by atoms with Crippen LogP contribution >= 0.6 is 0 Å². The van der Waals surface area contributed by atoms with E-state index in [1.54, 1.807) is 0 Å². The number of rotatable bonds is 6. The minimum absolute atomic E-state index is 0.243. The molecule has 0 radical (unpaired) electrons. The van der Waals surface area contributed by atoms with E-state index in [-0.39, 0.29) is 12.4 Å². The fourth-order valence-corrected chi connectivity index (χ4v) is 2.12. The number of esters is 1. The van der Waals surface area contributed by atoms with Gasteiger partial charge in [0.25, 0.3) is 0 Å². The highest BCUT2D eigenvalue weighted by molar-refractivity contribution is 5.69. The van der Waals surface area contributed by atoms with Crippen molar-refractivity contribution in [3.05, 3.63) is 0 Å². The average Bonchev–Trinajstić information content (AvgIpc) is 2.55. The number of methoxy groups -OCH3 is 1. The lowest BCUT2D eigenvalue weighted by Gasteiger charge is -2.26. The normalized spacial score (nSPS) is 14.7. The summed E-state index contributed by atoms with van der Waals surface area (Å²) < 4.78 is 4.58. The van der Waals surface area contributed by atoms with Crippen LogP contribution in [0.5, 0.6) is 0 Å². The van der Waals surface area contributed by atoms with Crippen LogP contribution in [-0.2, 0) is 9.53 Å². The predicted octanol–water partition coefficient (Wildman–Crippen LogP) is 0.122. The van der Waals surface area contributed by atoms with Crippen LogP contribution in [0.25, 0.3) is 0 Å². The molecule has 4 N–H and O–H groups in total. The summed E-state index contributed by atoms with van der Waals surface area (Å²) >= 11 is 0. The Kier molecular flexibility index (Phi) is 5.50. The molecule has 9 nitrogen and oxygen atoms in total. The molecule has 0 aromatic carbocycles. The standard InChI is InChI=1S/C12H21N7O2/c1-21-9(20)5-6-14-10-15-11(18-13)17-12(16-10)19-7-3-2-4-8-19/h2-8,13H2,1H3,(H2,14,15,16,17,18). The molecule has 1 fully saturated rings. The molecular formula is C12H21N7O2. The van der Waals surface area contributed by atoms with Crippen molar-refractivity contribution >= 4 is 23.8 Å². The Bertz CT molecular complexity index is 477. The summed E-state index contributed by atoms with van der Waals surface area (Å²) in [5.74, 6) is 6.39. The molecule has 2 heterocycles. The molecule has 0 saturated carbocycles. The summed E-state index contributed by atoms with van der Waals surface area (Å²) in [5, 5.41) is 2.98. The van der Waals surface area contributed by atoms with Crippen molar-refractivity contribution in [3.63, 3.8) is 0 Å². The Hall–Kier alpha value is -2.16. The zero-order valence-corrected chi connectivity index (χ0v) is 12.1. The van der Waals surface area contributed by atoms with Crippen LogP contribution < -0.4 is 21.5 Å². The summed E-state index contributed by atoms with van der Waals surface area (Å²) in [7, 11) is 1.36. The fourth-order valence-electron chi connectivity index (χ4n) is 2.12. The zero-order chi connectivity index (χ0) is 15.1. The summed E-state index contributed by atoms with van der Waals surface area (Å²) in [6, 6.07) is 0. The van der Waals surface area contributed by atoms with Gasteiger partial charge in [0.2, 0.25) is 17.8 Å². The lowest BCUT2D eigenvalue weighted by Crippen LogP contribution is -2.32. The molecule has 0 spiro atoms. The Morgan fingerprint density at radius 1 is 1.24 bits per heavy atom. The van der Waals surface area contributed by atoms with Crippen molar-refractivity contribution in [1.82, 2.24) is 15.0 Å². The Morgan fingerprint density at radius 3 is 2.62 bits per heavy atom. The van der Waals surface area contributed by atoms with E-state index in [4.69, 9.17) is 5.84 Å². The first kappa shape index (κ1) is 15.2. The molecule has 1 aliphatic rings. The molecule has 0 unspecified atom stereocenters. The van der Waals surface area contributed by atoms with Gasteiger partial charge < -0.3 is 15.0 Å². The second-order valence-corrected chi connectivity index (χ2v) is 4.73. The van der Waals surface area contributed by atoms with Gasteiger partial charge in [-0.1, -0.05) is 0 Å². The van der Waals surface area contributed by atoms with Gasteiger partial charge in [0.05, 0.1) is 13.5 Å². The largest absolute Gasteiger partial charge is 0.469 e. The molecule has 1 aromatic heterocycles. The third-order valence-electron chi connectivity index (χ3n) is 3.23. The highest BCUT2D eigenvalue weighted by Crippen LogP contribution is 2.18. The number of hydrogen-bond donors (Lipinski definition) is 3. The van der Waals surface area contributed by atoms with Gasteiger partial charge in [-0.3, -0.25) is 10.2 Å². The Labute approximate surface area is 123 Å². The van der Waals surface area contributed by atoms with Crippen LogP contribution in [-0.4, -0.2) is 47.7 Å². The molecule has 0 bridgehead atoms. The number of piperidine rings is 1. The van der Waals surface area contributed by atoms with E-state index >= 15 is 0 Å². The molecule has 2 rings (SSSR count). The maximum absolute atomic E-state index is 11.1. The Balaban J connectivity index is 2.04. The molecule has 9 heteroatoms. The number of nitrogens with zero attached hydrogens (tertiary/aromatic N) is 4. The van der Waals surface area contributed by atoms with Gasteiger partial charge in [0.1, 0.15) is 0 Å². The first-order chi connectivity index (χ1) is 10.2. The highest BCUT2D eigenvalue weighted by Gasteiger charge is 2.16. The van der Waals surface area contributed by atoms with Crippen LogP contribution in [0, 0.1) is 0 Å². The van der Waals surface area contributed by atoms with Gasteiger partial charge in [0.15, 0.2) is 0 Å². The summed E-state index contributed by atoms with van der Waals surface area (Å²) in [4.78, 5) is 26.0. The number of nitrogens with two attached hydrogens (primary N) is 1. The summed E-state index contributed by atoms with van der Waals surface area (Å²) in [5.41, 5.74) is 2.44. The van der Waals surface area contributed by atoms with Crippen molar-refractivity contribution in [2.24, 2.45) is 5.84 Å². The number of ether oxygens (including phenoxy) is 1. The topological polar surface area (TPSA) is 118 Å². The van der Waals surface area contributed by atoms with Crippen molar-refractivity contribution in [2.75, 3.05) is 42.4 Å². The van der Waals surface area contributed by atoms with Crippen molar-refractivity contribution in [3.8, 4) is 0 Å². The summed E-state index contributed by atoms with van der Waals surface area (Å²) in [6.45, 7) is 2.24. The van der Waals surface area contributed by atoms with Crippen LogP contribution in [0.1, 0.15) is 25.7 Å². The molecule has 116 valence electrons. The Morgan fingerprint density at radius 2 is 1.95 bits per heavy atom. The van der Waals surface area contributed by atoms with E-state index in [0.29, 0.717) is 24.4 Å². The number of hydrogen-bond acceptors (Lipinski definition) is 9. The van der Waals surface area contributed by atoms with Gasteiger partial charge in [-0.25, -0.2) is 5.84 Å². The first-order valence-corrected chi connectivity index (χ1v) is 7.01. The van der Waals surface area contributed by atoms with E-state index < -0.39 is 0 Å². The van der Waals surface area contributed by atoms with Gasteiger partial charge in [-0.05, 0) is 19.3 Å². The number of carbonyl (C=O) groups excluding carboxylic acids is 1. The first-order valence-electron chi connectivity index (χ1n) is 7.01. The van der Waals surface area contributed by atoms with E-state index in [9.17, 15) is 4.79 Å². The van der Waals surface area contributed by atoms with E-state index in [0.717, 1.165) is 25.9 Å². The number of anilines is 3. The molecule has 21 heavy (non-hydrogen) atoms. The van der Waals surface area contributed by atoms with Gasteiger partial charge in [-0.15, -0.1) is 0 Å². The molecular weight excluding hydrogens is 274 g/mol. The maximum atomic E-state index is 11.1. The quantitative estimate of drug-likeness (QED) is 0.382. The lowest BCUT2D eigenvalue weighted by molar-refractivity contribution is -0.140. The van der Waals surface area contributed by atoms with Crippen LogP contribution in [0.15, 0.2) is 0 Å². The highest BCUT2D eigenvalue weighted by atomic mass is 16.5. The minimum atomic E-state index is -0.287. The number of nitrogen functional groups attached to an aromatic ring is 1. The lowest BCUT2D eigenvalue weighted by atomic mass is 10.1. The zero-order valence-electron chi connectivity index (χ0n) is 12.1. The average molecular weight is 295 g/mol. The minimum Gasteiger partial charge on any atom is -0.469 e. The predicted molar refractivity (Wildman–Crippen MR) is 78.8 cm³/mol. The molecule has 1 aliphatic heterocycles. The molecule has 0 aliphatic carbocycles. The van der Waals surface area contributed by atoms with Crippen molar-refractivity contribution in [1.29, 1.82) is 0 Å². The van der Waals surface area contributed by atoms with Crippen LogP contribution in [0.2, 0.25) is 0 Å². The summed E-state index contributed by atoms with van der Waals surface area (Å²) in [6.07, 6.45) is 3.73. The smallest absolute Gasteiger partial charge is 0.307 e. The van der Waals surface area contributed by atoms with Gasteiger partial charge in [0, 0.05) is 19.6 Å². The van der Waals surface area contributed by atoms with Crippen LogP contribution in [0.3, 0.4) is 0 Å². The third-order valence-corrected chi connectivity index (χ3v) is 3.23. The van der Waals surface area contributed by atoms with E-state index in [1.165, 1.54) is 13.5 Å². The SMILES string of the molecule is COC(=O)CCNc1nc(NN)nc(N2CCCCC2)n1. The fraction of sp³-hybridized carbons (Fsp3) is 0.667. The van der Waals surface area contributed by atoms with E-state index in [1.807, 2.05) is 0 Å². The van der Waals surface area contributed by atoms with Gasteiger partial charge in [-0.2, -0.15) is 15.0 Å². The molecule has 0 amide bonds. The number of aromatic nitrogens is 3. The number of hydrazine groups is 1. The monoisotopic (exact) mass is 295 g/mol. The number of nitrogens with one attached hydrogen (secondary N) is 2. The third kappa shape index (κ3) is 4.42. The van der Waals surface area contributed by atoms with Crippen molar-refractivity contribution < 1.29 is 9.53 Å². The molecule has 0 atom stereocenters. The molecule has 1 saturated heterocycles. The number of carbonyl (C=O) groups is 1. The second-order valence-electron chi connectivity index (χ2n) is 4.73. The maximum Gasteiger partial charge on any atom is 0.307 e. The van der Waals surface area contributed by atoms with E-state index in [2.05, 4.69) is 35.3 Å².